The molecule has 1 aromatic rings. The van der Waals surface area contributed by atoms with Crippen LogP contribution in [-0.4, -0.2) is 48.1 Å². The van der Waals surface area contributed by atoms with E-state index in [4.69, 9.17) is 9.16 Å². The molecule has 1 aromatic heterocycles. The summed E-state index contributed by atoms with van der Waals surface area (Å²) in [6.07, 6.45) is 2.68. The van der Waals surface area contributed by atoms with Crippen molar-refractivity contribution in [3.05, 3.63) is 27.0 Å². The summed E-state index contributed by atoms with van der Waals surface area (Å²) < 4.78 is 12.8. The molecule has 1 heterocycles. The zero-order valence-corrected chi connectivity index (χ0v) is 23.4. The lowest BCUT2D eigenvalue weighted by Crippen LogP contribution is -2.59. The Bertz CT molecular complexity index is 869. The number of ether oxygens (including phenoxy) is 1. The van der Waals surface area contributed by atoms with E-state index in [9.17, 15) is 14.9 Å². The molecule has 2 rings (SSSR count). The molecule has 3 atom stereocenters. The van der Waals surface area contributed by atoms with Gasteiger partial charge in [0.2, 0.25) is 0 Å². The smallest absolute Gasteiger partial charge is 0.407 e. The molecule has 0 aromatic carbocycles. The van der Waals surface area contributed by atoms with E-state index in [1.165, 1.54) is 6.20 Å². The molecule has 1 saturated carbocycles. The van der Waals surface area contributed by atoms with Gasteiger partial charge in [0, 0.05) is 6.07 Å². The normalized spacial score (nSPS) is 21.9. The molecule has 0 radical (unpaired) electrons. The minimum atomic E-state index is -2.22. The quantitative estimate of drug-likeness (QED) is 0.195. The van der Waals surface area contributed by atoms with Crippen molar-refractivity contribution in [1.82, 2.24) is 10.3 Å². The molecule has 0 unspecified atom stereocenters. The lowest BCUT2D eigenvalue weighted by Gasteiger charge is -2.46. The second kappa shape index (κ2) is 10.3. The Morgan fingerprint density at radius 2 is 1.82 bits per heavy atom. The molecule has 1 fully saturated rings. The molecule has 0 aliphatic heterocycles. The summed E-state index contributed by atoms with van der Waals surface area (Å²) in [5, 5.41) is 17.9. The third-order valence-electron chi connectivity index (χ3n) is 6.15. The first kappa shape index (κ1) is 27.5. The summed E-state index contributed by atoms with van der Waals surface area (Å²) in [6, 6.07) is 1.08. The maximum atomic E-state index is 12.6. The first-order chi connectivity index (χ1) is 15.0. The van der Waals surface area contributed by atoms with E-state index in [0.29, 0.717) is 10.3 Å². The molecule has 186 valence electrons. The van der Waals surface area contributed by atoms with Gasteiger partial charge in [-0.2, -0.15) is 0 Å². The molecule has 9 nitrogen and oxygen atoms in total. The monoisotopic (exact) mass is 544 g/mol. The van der Waals surface area contributed by atoms with Gasteiger partial charge in [0.05, 0.1) is 23.1 Å². The lowest BCUT2D eigenvalue weighted by atomic mass is 9.88. The van der Waals surface area contributed by atoms with Gasteiger partial charge in [0.25, 0.3) is 0 Å². The van der Waals surface area contributed by atoms with Gasteiger partial charge in [-0.05, 0) is 74.1 Å². The summed E-state index contributed by atoms with van der Waals surface area (Å²) in [4.78, 5) is 27.7. The number of nitrogens with zero attached hydrogens (tertiary/aromatic N) is 2. The number of pyridine rings is 1. The molecule has 2 N–H and O–H groups in total. The van der Waals surface area contributed by atoms with Crippen molar-refractivity contribution in [2.24, 2.45) is 0 Å². The van der Waals surface area contributed by atoms with E-state index in [0.717, 1.165) is 19.3 Å². The number of rotatable bonds is 6. The number of alkyl carbamates (subject to hydrolysis) is 1. The van der Waals surface area contributed by atoms with Crippen LogP contribution in [0.1, 0.15) is 60.8 Å². The lowest BCUT2D eigenvalue weighted by molar-refractivity contribution is -0.384. The Morgan fingerprint density at radius 1 is 1.21 bits per heavy atom. The van der Waals surface area contributed by atoms with E-state index in [1.54, 1.807) is 6.07 Å². The highest BCUT2D eigenvalue weighted by Gasteiger charge is 2.45. The summed E-state index contributed by atoms with van der Waals surface area (Å²) in [6.45, 7) is 16.3. The number of hydrogen-bond acceptors (Lipinski definition) is 7. The highest BCUT2D eigenvalue weighted by Crippen LogP contribution is 2.40. The van der Waals surface area contributed by atoms with Gasteiger partial charge in [-0.15, -0.1) is 0 Å². The number of carbonyl (C=O) groups excluding carboxylic acids is 1. The Morgan fingerprint density at radius 3 is 2.36 bits per heavy atom. The zero-order valence-electron chi connectivity index (χ0n) is 20.8. The van der Waals surface area contributed by atoms with E-state index in [-0.39, 0.29) is 28.9 Å². The molecule has 11 heteroatoms. The van der Waals surface area contributed by atoms with Gasteiger partial charge in [-0.25, -0.2) is 9.78 Å². The van der Waals surface area contributed by atoms with Crippen LogP contribution in [0.25, 0.3) is 0 Å². The number of nitro groups is 1. The number of carbonyl (C=O) groups is 1. The van der Waals surface area contributed by atoms with Gasteiger partial charge in [-0.1, -0.05) is 20.8 Å². The Hall–Kier alpha value is -1.72. The molecule has 1 amide bonds. The molecule has 1 aliphatic carbocycles. The SMILES string of the molecule is CC(C)(C)OC(=O)N[C@H]1CCC[C@@H](Nc2cc(Br)ncc2[N+](=O)[O-])[C@@H]1O[Si](C)(C)C(C)(C)C. The minimum absolute atomic E-state index is 0.0445. The molecular weight excluding hydrogens is 508 g/mol. The Kier molecular flexibility index (Phi) is 8.56. The second-order valence-electron chi connectivity index (χ2n) is 11.1. The van der Waals surface area contributed by atoms with E-state index >= 15 is 0 Å². The summed E-state index contributed by atoms with van der Waals surface area (Å²) in [7, 11) is -2.22. The number of halogens is 1. The van der Waals surface area contributed by atoms with Crippen LogP contribution in [0.4, 0.5) is 16.2 Å². The Labute approximate surface area is 205 Å². The molecule has 33 heavy (non-hydrogen) atoms. The minimum Gasteiger partial charge on any atom is -0.444 e. The largest absolute Gasteiger partial charge is 0.444 e. The van der Waals surface area contributed by atoms with Gasteiger partial charge < -0.3 is 19.8 Å². The maximum Gasteiger partial charge on any atom is 0.407 e. The van der Waals surface area contributed by atoms with E-state index < -0.39 is 24.9 Å². The van der Waals surface area contributed by atoms with E-state index in [1.807, 2.05) is 20.8 Å². The number of nitrogens with one attached hydrogen (secondary N) is 2. The first-order valence-electron chi connectivity index (χ1n) is 11.2. The Balaban J connectivity index is 2.38. The average molecular weight is 546 g/mol. The van der Waals surface area contributed by atoms with Crippen LogP contribution in [0, 0.1) is 10.1 Å². The van der Waals surface area contributed by atoms with Crippen molar-refractivity contribution in [1.29, 1.82) is 0 Å². The van der Waals surface area contributed by atoms with Gasteiger partial charge in [0.15, 0.2) is 8.32 Å². The van der Waals surface area contributed by atoms with Crippen molar-refractivity contribution in [3.8, 4) is 0 Å². The van der Waals surface area contributed by atoms with Crippen molar-refractivity contribution in [3.63, 3.8) is 0 Å². The van der Waals surface area contributed by atoms with Crippen molar-refractivity contribution in [2.45, 2.75) is 103 Å². The summed E-state index contributed by atoms with van der Waals surface area (Å²) in [5.74, 6) is 0. The fourth-order valence-corrected chi connectivity index (χ4v) is 5.19. The third kappa shape index (κ3) is 7.64. The van der Waals surface area contributed by atoms with Crippen LogP contribution in [0.2, 0.25) is 18.1 Å². The van der Waals surface area contributed by atoms with Crippen molar-refractivity contribution >= 4 is 41.7 Å². The van der Waals surface area contributed by atoms with Gasteiger partial charge >= 0.3 is 11.8 Å². The van der Waals surface area contributed by atoms with Crippen molar-refractivity contribution in [2.75, 3.05) is 5.32 Å². The number of aromatic nitrogens is 1. The van der Waals surface area contributed by atoms with E-state index in [2.05, 4.69) is 65.4 Å². The predicted molar refractivity (Wildman–Crippen MR) is 135 cm³/mol. The molecule has 0 bridgehead atoms. The molecular formula is C22H37BrN4O5Si. The highest BCUT2D eigenvalue weighted by molar-refractivity contribution is 9.10. The summed E-state index contributed by atoms with van der Waals surface area (Å²) in [5.41, 5.74) is -0.351. The zero-order chi connectivity index (χ0) is 25.2. The second-order valence-corrected chi connectivity index (χ2v) is 16.6. The summed E-state index contributed by atoms with van der Waals surface area (Å²) >= 11 is 3.30. The van der Waals surface area contributed by atoms with Crippen LogP contribution in [0.15, 0.2) is 16.9 Å². The number of amides is 1. The van der Waals surface area contributed by atoms with Crippen molar-refractivity contribution < 1.29 is 18.9 Å². The third-order valence-corrected chi connectivity index (χ3v) is 11.1. The fraction of sp³-hybridized carbons (Fsp3) is 0.727. The highest BCUT2D eigenvalue weighted by atomic mass is 79.9. The van der Waals surface area contributed by atoms with Gasteiger partial charge in [-0.3, -0.25) is 10.1 Å². The standard InChI is InChI=1S/C22H37BrN4O5Si/c1-21(2,3)31-20(28)26-15-11-9-10-14(19(15)32-33(7,8)22(4,5)6)25-16-12-18(23)24-13-17(16)27(29)30/h12-15,19H,9-11H2,1-8H3,(H,24,25)(H,26,28)/t14-,15+,19+/m1/s1. The number of hydrogen-bond donors (Lipinski definition) is 2. The van der Waals surface area contributed by atoms with Crippen LogP contribution in [-0.2, 0) is 9.16 Å². The molecule has 0 saturated heterocycles. The van der Waals surface area contributed by atoms with Crippen LogP contribution in [0.5, 0.6) is 0 Å². The van der Waals surface area contributed by atoms with Crippen LogP contribution >= 0.6 is 15.9 Å². The van der Waals surface area contributed by atoms with Crippen LogP contribution in [0.3, 0.4) is 0 Å². The fourth-order valence-electron chi connectivity index (χ4n) is 3.50. The van der Waals surface area contributed by atoms with Crippen LogP contribution < -0.4 is 10.6 Å². The molecule has 1 aliphatic rings. The number of anilines is 1. The van der Waals surface area contributed by atoms with Gasteiger partial charge in [0.1, 0.15) is 22.1 Å². The average Bonchev–Trinajstić information content (AvgIpc) is 2.61. The predicted octanol–water partition coefficient (Wildman–Crippen LogP) is 6.00. The first-order valence-corrected chi connectivity index (χ1v) is 14.9. The topological polar surface area (TPSA) is 116 Å². The molecule has 0 spiro atoms. The maximum absolute atomic E-state index is 12.6.